The molecule has 8 rings (SSSR count). The Hall–Kier alpha value is -7.70. The fraction of sp³-hybridized carbons (Fsp3) is 0.122. The molecule has 0 atom stereocenters. The van der Waals surface area contributed by atoms with E-state index < -0.39 is 35.7 Å². The number of hydrogen-bond donors (Lipinski definition) is 1. The van der Waals surface area contributed by atoms with Crippen LogP contribution in [0.2, 0.25) is 0 Å². The summed E-state index contributed by atoms with van der Waals surface area (Å²) in [4.78, 5) is 39.2. The van der Waals surface area contributed by atoms with E-state index in [0.717, 1.165) is 28.6 Å². The van der Waals surface area contributed by atoms with Crippen LogP contribution in [0.15, 0.2) is 109 Å². The van der Waals surface area contributed by atoms with Crippen molar-refractivity contribution in [2.45, 2.75) is 19.3 Å². The maximum absolute atomic E-state index is 13.0. The zero-order valence-corrected chi connectivity index (χ0v) is 31.4. The van der Waals surface area contributed by atoms with Gasteiger partial charge in [-0.25, -0.2) is 38.9 Å². The van der Waals surface area contributed by atoms with Crippen molar-refractivity contribution in [1.29, 1.82) is 0 Å². The van der Waals surface area contributed by atoms with E-state index in [0.29, 0.717) is 33.2 Å². The van der Waals surface area contributed by atoms with Crippen molar-refractivity contribution in [3.8, 4) is 33.9 Å². The fourth-order valence-electron chi connectivity index (χ4n) is 6.13. The number of nitrogens with zero attached hydrogens (tertiary/aromatic N) is 8. The summed E-state index contributed by atoms with van der Waals surface area (Å²) < 4.78 is 90.3. The van der Waals surface area contributed by atoms with E-state index in [2.05, 4.69) is 34.9 Å². The molecule has 0 bridgehead atoms. The van der Waals surface area contributed by atoms with Crippen LogP contribution in [0.5, 0.6) is 0 Å². The van der Waals surface area contributed by atoms with Crippen molar-refractivity contribution in [2.75, 3.05) is 20.0 Å². The van der Waals surface area contributed by atoms with Gasteiger partial charge in [-0.2, -0.15) is 36.5 Å². The number of aryl methyl sites for hydroxylation is 1. The molecule has 2 aromatic carbocycles. The Morgan fingerprint density at radius 2 is 1.02 bits per heavy atom. The SMILES string of the molecule is COC(=O)c1cc(-c2ccc3cnn(-c4cccc(C(F)(F)F)n4)c3c2)cc(C)n1.COC(=O)c1cc(-c2ccc3cnn(-c4cccc(C(F)(F)F)n4)c3c2)cc(N)n1. The van der Waals surface area contributed by atoms with Gasteiger partial charge in [-0.3, -0.25) is 0 Å². The van der Waals surface area contributed by atoms with Crippen LogP contribution < -0.4 is 5.73 Å². The van der Waals surface area contributed by atoms with Crippen molar-refractivity contribution < 1.29 is 45.4 Å². The Morgan fingerprint density at radius 1 is 0.567 bits per heavy atom. The summed E-state index contributed by atoms with van der Waals surface area (Å²) in [6, 6.07) is 24.5. The van der Waals surface area contributed by atoms with Gasteiger partial charge in [0.25, 0.3) is 0 Å². The summed E-state index contributed by atoms with van der Waals surface area (Å²) in [6.07, 6.45) is -6.04. The third kappa shape index (κ3) is 8.45. The van der Waals surface area contributed by atoms with E-state index in [-0.39, 0.29) is 28.8 Å². The number of ether oxygens (including phenoxy) is 2. The molecule has 0 saturated heterocycles. The maximum Gasteiger partial charge on any atom is 0.433 e. The lowest BCUT2D eigenvalue weighted by molar-refractivity contribution is -0.141. The quantitative estimate of drug-likeness (QED) is 0.126. The molecule has 2 N–H and O–H groups in total. The Balaban J connectivity index is 0.000000181. The summed E-state index contributed by atoms with van der Waals surface area (Å²) in [6.45, 7) is 1.76. The smallest absolute Gasteiger partial charge is 0.433 e. The molecule has 60 heavy (non-hydrogen) atoms. The molecule has 0 fully saturated rings. The van der Waals surface area contributed by atoms with E-state index >= 15 is 0 Å². The minimum atomic E-state index is -4.57. The van der Waals surface area contributed by atoms with Crippen LogP contribution in [-0.2, 0) is 21.8 Å². The average Bonchev–Trinajstić information content (AvgIpc) is 3.86. The highest BCUT2D eigenvalue weighted by atomic mass is 19.4. The summed E-state index contributed by atoms with van der Waals surface area (Å²) in [5, 5.41) is 9.81. The van der Waals surface area contributed by atoms with E-state index in [4.69, 9.17) is 10.5 Å². The first-order chi connectivity index (χ1) is 28.5. The van der Waals surface area contributed by atoms with Gasteiger partial charge in [-0.1, -0.05) is 36.4 Å². The van der Waals surface area contributed by atoms with Crippen LogP contribution in [0.4, 0.5) is 32.2 Å². The van der Waals surface area contributed by atoms with Gasteiger partial charge >= 0.3 is 24.3 Å². The van der Waals surface area contributed by atoms with Crippen molar-refractivity contribution in [3.05, 3.63) is 138 Å². The number of carbonyl (C=O) groups excluding carboxylic acids is 2. The number of aromatic nitrogens is 8. The van der Waals surface area contributed by atoms with E-state index in [9.17, 15) is 35.9 Å². The molecular formula is C41H29F6N9O4. The third-order valence-corrected chi connectivity index (χ3v) is 8.88. The molecule has 6 aromatic heterocycles. The zero-order chi connectivity index (χ0) is 42.9. The number of pyridine rings is 4. The van der Waals surface area contributed by atoms with Gasteiger partial charge in [0.15, 0.2) is 17.3 Å². The van der Waals surface area contributed by atoms with Gasteiger partial charge in [-0.05, 0) is 89.8 Å². The molecule has 0 radical (unpaired) electrons. The summed E-state index contributed by atoms with van der Waals surface area (Å²) in [7, 11) is 2.51. The molecule has 0 unspecified atom stereocenters. The summed E-state index contributed by atoms with van der Waals surface area (Å²) >= 11 is 0. The second kappa shape index (κ2) is 15.9. The fourth-order valence-corrected chi connectivity index (χ4v) is 6.13. The lowest BCUT2D eigenvalue weighted by Crippen LogP contribution is -2.10. The monoisotopic (exact) mass is 825 g/mol. The molecule has 13 nitrogen and oxygen atoms in total. The minimum absolute atomic E-state index is 0.0291. The predicted molar refractivity (Wildman–Crippen MR) is 206 cm³/mol. The number of nitrogens with two attached hydrogens (primary N) is 1. The Morgan fingerprint density at radius 3 is 1.47 bits per heavy atom. The third-order valence-electron chi connectivity index (χ3n) is 8.88. The number of hydrogen-bond acceptors (Lipinski definition) is 11. The van der Waals surface area contributed by atoms with Gasteiger partial charge in [0.2, 0.25) is 0 Å². The Labute approximate surface area is 335 Å². The number of carbonyl (C=O) groups is 2. The number of nitrogen functional groups attached to an aromatic ring is 1. The molecule has 0 saturated carbocycles. The molecule has 6 heterocycles. The molecule has 0 aliphatic rings. The second-order valence-electron chi connectivity index (χ2n) is 12.9. The van der Waals surface area contributed by atoms with Crippen LogP contribution in [0.25, 0.3) is 55.7 Å². The van der Waals surface area contributed by atoms with Gasteiger partial charge in [0.1, 0.15) is 22.9 Å². The predicted octanol–water partition coefficient (Wildman–Crippen LogP) is 8.47. The molecule has 0 aliphatic carbocycles. The first-order valence-electron chi connectivity index (χ1n) is 17.5. The molecular weight excluding hydrogens is 796 g/mol. The van der Waals surface area contributed by atoms with Gasteiger partial charge in [-0.15, -0.1) is 0 Å². The van der Waals surface area contributed by atoms with E-state index in [1.165, 1.54) is 60.1 Å². The van der Waals surface area contributed by atoms with Crippen molar-refractivity contribution in [2.24, 2.45) is 0 Å². The van der Waals surface area contributed by atoms with E-state index in [1.54, 1.807) is 61.7 Å². The Kier molecular flexibility index (Phi) is 10.7. The minimum Gasteiger partial charge on any atom is -0.464 e. The summed E-state index contributed by atoms with van der Waals surface area (Å²) in [5.74, 6) is -0.984. The van der Waals surface area contributed by atoms with Crippen molar-refractivity contribution in [1.82, 2.24) is 39.5 Å². The van der Waals surface area contributed by atoms with Gasteiger partial charge < -0.3 is 15.2 Å². The summed E-state index contributed by atoms with van der Waals surface area (Å²) in [5.41, 5.74) is 8.47. The largest absolute Gasteiger partial charge is 0.464 e. The van der Waals surface area contributed by atoms with E-state index in [1.807, 2.05) is 6.07 Å². The Bertz CT molecular complexity index is 2730. The standard InChI is InChI=1S/C21H15F3N4O2.C20H14F3N5O2/c1-12-8-15(9-16(26-12)20(29)30-2)13-6-7-14-11-25-28(17(14)10-13)19-5-3-4-18(27-19)21(22,23)24;1-30-19(29)14-7-13(9-17(24)26-14)11-5-6-12-10-25-28(15(12)8-11)18-4-2-3-16(27-18)20(21,22)23/h3-11H,1-2H3;2-10H,1H3,(H2,24,26). The highest BCUT2D eigenvalue weighted by Gasteiger charge is 2.33. The number of alkyl halides is 6. The number of methoxy groups -OCH3 is 2. The molecule has 0 aliphatic heterocycles. The first kappa shape index (κ1) is 40.5. The average molecular weight is 826 g/mol. The molecule has 0 spiro atoms. The number of benzene rings is 2. The van der Waals surface area contributed by atoms with Crippen LogP contribution in [-0.4, -0.2) is 65.7 Å². The van der Waals surface area contributed by atoms with Crippen LogP contribution in [0.3, 0.4) is 0 Å². The number of rotatable bonds is 6. The molecule has 8 aromatic rings. The number of fused-ring (bicyclic) bond motifs is 2. The maximum atomic E-state index is 13.0. The van der Waals surface area contributed by atoms with Crippen molar-refractivity contribution in [3.63, 3.8) is 0 Å². The lowest BCUT2D eigenvalue weighted by atomic mass is 10.0. The van der Waals surface area contributed by atoms with Crippen molar-refractivity contribution >= 4 is 39.6 Å². The number of halogens is 6. The molecule has 304 valence electrons. The van der Waals surface area contributed by atoms with Gasteiger partial charge in [0.05, 0.1) is 37.6 Å². The number of esters is 2. The first-order valence-corrected chi connectivity index (χ1v) is 17.5. The normalized spacial score (nSPS) is 11.6. The van der Waals surface area contributed by atoms with Gasteiger partial charge in [0, 0.05) is 16.5 Å². The van der Waals surface area contributed by atoms with Crippen LogP contribution in [0.1, 0.15) is 38.1 Å². The molecule has 19 heteroatoms. The molecule has 0 amide bonds. The zero-order valence-electron chi connectivity index (χ0n) is 31.4. The number of anilines is 1. The highest BCUT2D eigenvalue weighted by Crippen LogP contribution is 2.32. The van der Waals surface area contributed by atoms with Crippen LogP contribution in [0, 0.1) is 6.92 Å². The second-order valence-corrected chi connectivity index (χ2v) is 12.9. The lowest BCUT2D eigenvalue weighted by Gasteiger charge is -2.09. The van der Waals surface area contributed by atoms with Crippen LogP contribution >= 0.6 is 0 Å². The topological polar surface area (TPSA) is 166 Å². The highest BCUT2D eigenvalue weighted by molar-refractivity contribution is 5.92.